The first-order valence-corrected chi connectivity index (χ1v) is 9.60. The van der Waals surface area contributed by atoms with Crippen molar-refractivity contribution in [3.05, 3.63) is 89.5 Å². The highest BCUT2D eigenvalue weighted by atomic mass is 19.1. The summed E-state index contributed by atoms with van der Waals surface area (Å²) in [5, 5.41) is 4.32. The van der Waals surface area contributed by atoms with Crippen LogP contribution < -0.4 is 14.8 Å². The molecule has 150 valence electrons. The van der Waals surface area contributed by atoms with Crippen molar-refractivity contribution in [3.63, 3.8) is 0 Å². The second-order valence-electron chi connectivity index (χ2n) is 7.13. The third-order valence-corrected chi connectivity index (χ3v) is 5.06. The van der Waals surface area contributed by atoms with Gasteiger partial charge in [-0.1, -0.05) is 12.1 Å². The molecule has 30 heavy (non-hydrogen) atoms. The minimum atomic E-state index is -0.293. The van der Waals surface area contributed by atoms with E-state index in [9.17, 15) is 8.78 Å². The number of rotatable bonds is 5. The Morgan fingerprint density at radius 2 is 1.47 bits per heavy atom. The van der Waals surface area contributed by atoms with E-state index in [-0.39, 0.29) is 18.4 Å². The number of aromatic nitrogens is 1. The Balaban J connectivity index is 1.50. The van der Waals surface area contributed by atoms with Crippen molar-refractivity contribution in [1.82, 2.24) is 10.3 Å². The summed E-state index contributed by atoms with van der Waals surface area (Å²) in [4.78, 5) is 4.84. The molecule has 1 aromatic heterocycles. The quantitative estimate of drug-likeness (QED) is 0.497. The lowest BCUT2D eigenvalue weighted by molar-refractivity contribution is 0.174. The van der Waals surface area contributed by atoms with E-state index in [1.165, 1.54) is 24.3 Å². The van der Waals surface area contributed by atoms with E-state index in [2.05, 4.69) is 11.4 Å². The molecule has 0 bridgehead atoms. The molecule has 3 aromatic carbocycles. The van der Waals surface area contributed by atoms with Gasteiger partial charge in [-0.05, 0) is 59.7 Å². The van der Waals surface area contributed by atoms with Crippen LogP contribution in [0.3, 0.4) is 0 Å². The van der Waals surface area contributed by atoms with Crippen LogP contribution in [0.15, 0.2) is 66.7 Å². The summed E-state index contributed by atoms with van der Waals surface area (Å²) in [7, 11) is 0. The number of hydrogen-bond donors (Lipinski definition) is 1. The number of halogens is 2. The highest BCUT2D eigenvalue weighted by molar-refractivity contribution is 5.86. The Morgan fingerprint density at radius 3 is 2.20 bits per heavy atom. The molecule has 0 spiro atoms. The average Bonchev–Trinajstić information content (AvgIpc) is 3.21. The van der Waals surface area contributed by atoms with Crippen LogP contribution in [0.25, 0.3) is 22.2 Å². The summed E-state index contributed by atoms with van der Waals surface area (Å²) >= 11 is 0. The smallest absolute Gasteiger partial charge is 0.231 e. The third kappa shape index (κ3) is 3.69. The number of hydrogen-bond acceptors (Lipinski definition) is 4. The van der Waals surface area contributed by atoms with Crippen LogP contribution in [0.5, 0.6) is 11.5 Å². The summed E-state index contributed by atoms with van der Waals surface area (Å²) in [6.45, 7) is 1.33. The van der Waals surface area contributed by atoms with Crippen molar-refractivity contribution in [2.45, 2.75) is 13.1 Å². The molecule has 1 aliphatic heterocycles. The highest BCUT2D eigenvalue weighted by Gasteiger charge is 2.17. The molecular weight excluding hydrogens is 386 g/mol. The van der Waals surface area contributed by atoms with Gasteiger partial charge in [-0.3, -0.25) is 0 Å². The van der Waals surface area contributed by atoms with Gasteiger partial charge in [0.1, 0.15) is 11.6 Å². The van der Waals surface area contributed by atoms with Gasteiger partial charge >= 0.3 is 0 Å². The lowest BCUT2D eigenvalue weighted by atomic mass is 10.0. The molecule has 4 aromatic rings. The molecular formula is C24H18F2N2O2. The minimum Gasteiger partial charge on any atom is -0.454 e. The summed E-state index contributed by atoms with van der Waals surface area (Å²) in [5.74, 6) is 0.819. The Labute approximate surface area is 172 Å². The van der Waals surface area contributed by atoms with Gasteiger partial charge in [0.2, 0.25) is 6.79 Å². The standard InChI is InChI=1S/C24H18F2N2O2/c25-19-5-1-15(2-6-19)12-27-13-18-9-17-10-22-23(30-14-29-22)11-21(17)28-24(18)16-3-7-20(26)8-4-16/h1-11,27H,12-14H2. The van der Waals surface area contributed by atoms with Gasteiger partial charge < -0.3 is 14.8 Å². The summed E-state index contributed by atoms with van der Waals surface area (Å²) in [6, 6.07) is 18.5. The van der Waals surface area contributed by atoms with Crippen molar-refractivity contribution in [2.75, 3.05) is 6.79 Å². The summed E-state index contributed by atoms with van der Waals surface area (Å²) in [6.07, 6.45) is 0. The van der Waals surface area contributed by atoms with E-state index in [0.717, 1.165) is 33.3 Å². The number of ether oxygens (including phenoxy) is 2. The number of benzene rings is 3. The van der Waals surface area contributed by atoms with Crippen LogP contribution in [0, 0.1) is 11.6 Å². The van der Waals surface area contributed by atoms with Crippen LogP contribution in [-0.4, -0.2) is 11.8 Å². The van der Waals surface area contributed by atoms with Gasteiger partial charge in [0.25, 0.3) is 0 Å². The molecule has 0 radical (unpaired) electrons. The molecule has 0 saturated carbocycles. The van der Waals surface area contributed by atoms with Gasteiger partial charge in [-0.2, -0.15) is 0 Å². The average molecular weight is 404 g/mol. The lowest BCUT2D eigenvalue weighted by Gasteiger charge is -2.13. The van der Waals surface area contributed by atoms with E-state index >= 15 is 0 Å². The monoisotopic (exact) mass is 404 g/mol. The zero-order valence-corrected chi connectivity index (χ0v) is 16.0. The van der Waals surface area contributed by atoms with Gasteiger partial charge in [-0.25, -0.2) is 13.8 Å². The van der Waals surface area contributed by atoms with Crippen molar-refractivity contribution in [1.29, 1.82) is 0 Å². The Morgan fingerprint density at radius 1 is 0.800 bits per heavy atom. The number of fused-ring (bicyclic) bond motifs is 2. The first kappa shape index (κ1) is 18.5. The SMILES string of the molecule is Fc1ccc(CNCc2cc3cc4c(cc3nc2-c2ccc(F)cc2)OCO4)cc1. The van der Waals surface area contributed by atoms with Crippen LogP contribution in [0.2, 0.25) is 0 Å². The molecule has 0 fully saturated rings. The molecule has 1 aliphatic rings. The van der Waals surface area contributed by atoms with Crippen molar-refractivity contribution >= 4 is 10.9 Å². The fourth-order valence-electron chi connectivity index (χ4n) is 3.54. The number of nitrogens with one attached hydrogen (secondary N) is 1. The fraction of sp³-hybridized carbons (Fsp3) is 0.125. The lowest BCUT2D eigenvalue weighted by Crippen LogP contribution is -2.14. The zero-order valence-electron chi connectivity index (χ0n) is 16.0. The Bertz CT molecular complexity index is 1210. The summed E-state index contributed by atoms with van der Waals surface area (Å²) < 4.78 is 37.5. The third-order valence-electron chi connectivity index (χ3n) is 5.06. The maximum atomic E-state index is 13.4. The topological polar surface area (TPSA) is 43.4 Å². The Kier molecular flexibility index (Phi) is 4.77. The first-order chi connectivity index (χ1) is 14.7. The predicted octanol–water partition coefficient (Wildman–Crippen LogP) is 5.20. The maximum absolute atomic E-state index is 13.4. The number of pyridine rings is 1. The minimum absolute atomic E-state index is 0.197. The van der Waals surface area contributed by atoms with Crippen LogP contribution in [-0.2, 0) is 13.1 Å². The summed E-state index contributed by atoms with van der Waals surface area (Å²) in [5.41, 5.74) is 4.33. The highest BCUT2D eigenvalue weighted by Crippen LogP contribution is 2.37. The molecule has 2 heterocycles. The molecule has 1 N–H and O–H groups in total. The van der Waals surface area contributed by atoms with Gasteiger partial charge in [0, 0.05) is 30.1 Å². The van der Waals surface area contributed by atoms with E-state index in [0.29, 0.717) is 24.6 Å². The molecule has 4 nitrogen and oxygen atoms in total. The largest absolute Gasteiger partial charge is 0.454 e. The van der Waals surface area contributed by atoms with E-state index in [1.807, 2.05) is 12.1 Å². The van der Waals surface area contributed by atoms with Crippen LogP contribution in [0.4, 0.5) is 8.78 Å². The predicted molar refractivity (Wildman–Crippen MR) is 110 cm³/mol. The number of nitrogens with zero attached hydrogens (tertiary/aromatic N) is 1. The van der Waals surface area contributed by atoms with Gasteiger partial charge in [0.15, 0.2) is 11.5 Å². The Hall–Kier alpha value is -3.51. The molecule has 0 unspecified atom stereocenters. The van der Waals surface area contributed by atoms with E-state index in [1.54, 1.807) is 24.3 Å². The molecule has 0 saturated heterocycles. The van der Waals surface area contributed by atoms with Gasteiger partial charge in [-0.15, -0.1) is 0 Å². The van der Waals surface area contributed by atoms with E-state index in [4.69, 9.17) is 14.5 Å². The normalized spacial score (nSPS) is 12.5. The second kappa shape index (κ2) is 7.72. The molecule has 0 aliphatic carbocycles. The van der Waals surface area contributed by atoms with E-state index < -0.39 is 0 Å². The van der Waals surface area contributed by atoms with Crippen molar-refractivity contribution in [2.24, 2.45) is 0 Å². The zero-order chi connectivity index (χ0) is 20.5. The van der Waals surface area contributed by atoms with Gasteiger partial charge in [0.05, 0.1) is 11.2 Å². The first-order valence-electron chi connectivity index (χ1n) is 9.60. The van der Waals surface area contributed by atoms with Crippen LogP contribution >= 0.6 is 0 Å². The maximum Gasteiger partial charge on any atom is 0.231 e. The molecule has 0 amide bonds. The molecule has 6 heteroatoms. The second-order valence-corrected chi connectivity index (χ2v) is 7.13. The van der Waals surface area contributed by atoms with Crippen molar-refractivity contribution in [3.8, 4) is 22.8 Å². The van der Waals surface area contributed by atoms with Crippen LogP contribution in [0.1, 0.15) is 11.1 Å². The van der Waals surface area contributed by atoms with Crippen molar-refractivity contribution < 1.29 is 18.3 Å². The molecule has 0 atom stereocenters. The molecule has 5 rings (SSSR count). The fourth-order valence-corrected chi connectivity index (χ4v) is 3.54.